The zero-order valence-corrected chi connectivity index (χ0v) is 13.3. The molecule has 0 aromatic carbocycles. The third-order valence-corrected chi connectivity index (χ3v) is 5.68. The molecule has 1 saturated carbocycles. The summed E-state index contributed by atoms with van der Waals surface area (Å²) in [6.45, 7) is 4.45. The number of hydrogen-bond donors (Lipinski definition) is 1. The summed E-state index contributed by atoms with van der Waals surface area (Å²) < 4.78 is 0. The topological polar surface area (TPSA) is 62.3 Å². The molecule has 1 saturated heterocycles. The smallest absolute Gasteiger partial charge is 0.248 e. The van der Waals surface area contributed by atoms with Crippen molar-refractivity contribution in [1.29, 1.82) is 0 Å². The van der Waals surface area contributed by atoms with Crippen molar-refractivity contribution in [2.24, 2.45) is 0 Å². The summed E-state index contributed by atoms with van der Waals surface area (Å²) in [5.74, 6) is 0.0708. The minimum Gasteiger partial charge on any atom is -0.342 e. The number of hydrogen-bond acceptors (Lipinski definition) is 4. The third-order valence-electron chi connectivity index (χ3n) is 4.55. The van der Waals surface area contributed by atoms with Gasteiger partial charge >= 0.3 is 0 Å². The summed E-state index contributed by atoms with van der Waals surface area (Å²) in [5, 5.41) is 5.95. The Bertz CT molecular complexity index is 563. The van der Waals surface area contributed by atoms with Crippen molar-refractivity contribution >= 4 is 23.2 Å². The van der Waals surface area contributed by atoms with Crippen LogP contribution in [-0.4, -0.2) is 33.8 Å². The zero-order valence-electron chi connectivity index (χ0n) is 12.5. The number of thiazole rings is 1. The van der Waals surface area contributed by atoms with E-state index in [4.69, 9.17) is 0 Å². The van der Waals surface area contributed by atoms with Crippen LogP contribution in [-0.2, 0) is 9.59 Å². The summed E-state index contributed by atoms with van der Waals surface area (Å²) in [5.41, 5.74) is 0.322. The van der Waals surface area contributed by atoms with Crippen molar-refractivity contribution in [3.63, 3.8) is 0 Å². The van der Waals surface area contributed by atoms with E-state index in [9.17, 15) is 9.59 Å². The van der Waals surface area contributed by atoms with Gasteiger partial charge in [-0.3, -0.25) is 9.59 Å². The van der Waals surface area contributed by atoms with Crippen molar-refractivity contribution in [2.75, 3.05) is 6.54 Å². The number of amides is 2. The van der Waals surface area contributed by atoms with E-state index >= 15 is 0 Å². The Morgan fingerprint density at radius 3 is 2.71 bits per heavy atom. The quantitative estimate of drug-likeness (QED) is 0.911. The third kappa shape index (κ3) is 2.57. The average molecular weight is 307 g/mol. The van der Waals surface area contributed by atoms with Gasteiger partial charge in [0.05, 0.1) is 6.04 Å². The molecule has 1 unspecified atom stereocenters. The SMILES string of the molecule is Cc1csc(C(C)N2CCC(=O)NC3(CCCC3)C2=O)n1. The summed E-state index contributed by atoms with van der Waals surface area (Å²) >= 11 is 1.58. The van der Waals surface area contributed by atoms with Crippen LogP contribution in [0, 0.1) is 6.92 Å². The highest BCUT2D eigenvalue weighted by atomic mass is 32.1. The van der Waals surface area contributed by atoms with Crippen LogP contribution in [0.1, 0.15) is 55.8 Å². The van der Waals surface area contributed by atoms with E-state index in [2.05, 4.69) is 10.3 Å². The van der Waals surface area contributed by atoms with E-state index < -0.39 is 5.54 Å². The van der Waals surface area contributed by atoms with Crippen molar-refractivity contribution in [2.45, 2.75) is 57.5 Å². The lowest BCUT2D eigenvalue weighted by atomic mass is 9.95. The highest BCUT2D eigenvalue weighted by Gasteiger charge is 2.47. The molecule has 3 rings (SSSR count). The number of rotatable bonds is 2. The van der Waals surface area contributed by atoms with Gasteiger partial charge in [0.1, 0.15) is 10.5 Å². The fourth-order valence-corrected chi connectivity index (χ4v) is 4.23. The minimum absolute atomic E-state index is 0.00438. The van der Waals surface area contributed by atoms with Crippen LogP contribution in [0.15, 0.2) is 5.38 Å². The van der Waals surface area contributed by atoms with E-state index in [1.807, 2.05) is 24.1 Å². The predicted octanol–water partition coefficient (Wildman–Crippen LogP) is 2.17. The first-order valence-electron chi connectivity index (χ1n) is 7.56. The van der Waals surface area contributed by atoms with Gasteiger partial charge in [0, 0.05) is 24.0 Å². The number of nitrogens with zero attached hydrogens (tertiary/aromatic N) is 2. The molecule has 2 heterocycles. The fourth-order valence-electron chi connectivity index (χ4n) is 3.37. The molecule has 2 amide bonds. The molecule has 1 aliphatic heterocycles. The molecule has 6 heteroatoms. The zero-order chi connectivity index (χ0) is 15.0. The molecule has 0 bridgehead atoms. The molecule has 21 heavy (non-hydrogen) atoms. The maximum absolute atomic E-state index is 13.0. The molecule has 1 atom stereocenters. The lowest BCUT2D eigenvalue weighted by molar-refractivity contribution is -0.140. The minimum atomic E-state index is -0.659. The number of aryl methyl sites for hydroxylation is 1. The van der Waals surface area contributed by atoms with Crippen molar-refractivity contribution in [3.8, 4) is 0 Å². The first-order valence-corrected chi connectivity index (χ1v) is 8.44. The number of carbonyl (C=O) groups is 2. The summed E-state index contributed by atoms with van der Waals surface area (Å²) in [4.78, 5) is 31.4. The fraction of sp³-hybridized carbons (Fsp3) is 0.667. The summed E-state index contributed by atoms with van der Waals surface area (Å²) in [7, 11) is 0. The molecular weight excluding hydrogens is 286 g/mol. The summed E-state index contributed by atoms with van der Waals surface area (Å²) in [6, 6.07) is -0.0682. The second-order valence-electron chi connectivity index (χ2n) is 6.09. The van der Waals surface area contributed by atoms with Gasteiger partial charge < -0.3 is 10.2 Å². The van der Waals surface area contributed by atoms with E-state index in [-0.39, 0.29) is 17.9 Å². The molecule has 1 aromatic heterocycles. The summed E-state index contributed by atoms with van der Waals surface area (Å²) in [6.07, 6.45) is 3.91. The van der Waals surface area contributed by atoms with E-state index in [0.717, 1.165) is 36.4 Å². The first-order chi connectivity index (χ1) is 10.0. The van der Waals surface area contributed by atoms with Gasteiger partial charge in [-0.05, 0) is 26.7 Å². The Hall–Kier alpha value is -1.43. The van der Waals surface area contributed by atoms with E-state index in [0.29, 0.717) is 13.0 Å². The van der Waals surface area contributed by atoms with Gasteiger partial charge in [-0.1, -0.05) is 12.8 Å². The van der Waals surface area contributed by atoms with E-state index in [1.54, 1.807) is 11.3 Å². The van der Waals surface area contributed by atoms with Crippen molar-refractivity contribution in [3.05, 3.63) is 16.1 Å². The Kier molecular flexibility index (Phi) is 3.73. The second kappa shape index (κ2) is 5.40. The van der Waals surface area contributed by atoms with Crippen LogP contribution >= 0.6 is 11.3 Å². The Morgan fingerprint density at radius 2 is 2.10 bits per heavy atom. The highest BCUT2D eigenvalue weighted by molar-refractivity contribution is 7.09. The number of carbonyl (C=O) groups excluding carboxylic acids is 2. The van der Waals surface area contributed by atoms with E-state index in [1.165, 1.54) is 0 Å². The van der Waals surface area contributed by atoms with Crippen LogP contribution in [0.4, 0.5) is 0 Å². The van der Waals surface area contributed by atoms with Gasteiger partial charge in [0.25, 0.3) is 0 Å². The molecule has 1 aliphatic carbocycles. The molecule has 5 nitrogen and oxygen atoms in total. The molecule has 0 radical (unpaired) electrons. The molecule has 114 valence electrons. The standard InChI is InChI=1S/C15H21N3O2S/c1-10-9-21-13(16-10)11(2)18-8-5-12(19)17-15(14(18)20)6-3-4-7-15/h9,11H,3-8H2,1-2H3,(H,17,19). The van der Waals surface area contributed by atoms with Crippen LogP contribution in [0.5, 0.6) is 0 Å². The van der Waals surface area contributed by atoms with Crippen LogP contribution in [0.2, 0.25) is 0 Å². The monoisotopic (exact) mass is 307 g/mol. The Morgan fingerprint density at radius 1 is 1.38 bits per heavy atom. The van der Waals surface area contributed by atoms with Crippen molar-refractivity contribution in [1.82, 2.24) is 15.2 Å². The Balaban J connectivity index is 1.90. The van der Waals surface area contributed by atoms with Crippen molar-refractivity contribution < 1.29 is 9.59 Å². The van der Waals surface area contributed by atoms with Crippen LogP contribution in [0.25, 0.3) is 0 Å². The lowest BCUT2D eigenvalue weighted by Gasteiger charge is -2.34. The second-order valence-corrected chi connectivity index (χ2v) is 6.98. The first kappa shape index (κ1) is 14.5. The number of aromatic nitrogens is 1. The van der Waals surface area contributed by atoms with Gasteiger partial charge in [0.2, 0.25) is 11.8 Å². The largest absolute Gasteiger partial charge is 0.342 e. The maximum atomic E-state index is 13.0. The van der Waals surface area contributed by atoms with Gasteiger partial charge in [0.15, 0.2) is 0 Å². The molecule has 1 N–H and O–H groups in total. The molecule has 2 aliphatic rings. The molecular formula is C15H21N3O2S. The van der Waals surface area contributed by atoms with Gasteiger partial charge in [-0.2, -0.15) is 0 Å². The normalized spacial score (nSPS) is 23.2. The van der Waals surface area contributed by atoms with Crippen LogP contribution in [0.3, 0.4) is 0 Å². The average Bonchev–Trinajstić information content (AvgIpc) is 3.05. The highest BCUT2D eigenvalue weighted by Crippen LogP contribution is 2.36. The molecule has 2 fully saturated rings. The van der Waals surface area contributed by atoms with Crippen LogP contribution < -0.4 is 5.32 Å². The Labute approximate surface area is 128 Å². The molecule has 1 spiro atoms. The lowest BCUT2D eigenvalue weighted by Crippen LogP contribution is -2.55. The maximum Gasteiger partial charge on any atom is 0.248 e. The number of nitrogens with one attached hydrogen (secondary N) is 1. The predicted molar refractivity (Wildman–Crippen MR) is 80.9 cm³/mol. The molecule has 1 aromatic rings. The van der Waals surface area contributed by atoms with Gasteiger partial charge in [-0.15, -0.1) is 11.3 Å². The van der Waals surface area contributed by atoms with Gasteiger partial charge in [-0.25, -0.2) is 4.98 Å².